The maximum atomic E-state index is 12.6. The van der Waals surface area contributed by atoms with Crippen molar-refractivity contribution in [2.75, 3.05) is 6.54 Å². The van der Waals surface area contributed by atoms with Crippen molar-refractivity contribution < 1.29 is 9.90 Å². The Morgan fingerprint density at radius 1 is 1.38 bits per heavy atom. The third-order valence-electron chi connectivity index (χ3n) is 4.89. The first-order chi connectivity index (χ1) is 9.99. The molecule has 1 amide bonds. The minimum absolute atomic E-state index is 0.000420. The van der Waals surface area contributed by atoms with Gasteiger partial charge >= 0.3 is 0 Å². The summed E-state index contributed by atoms with van der Waals surface area (Å²) in [6, 6.07) is 7.48. The van der Waals surface area contributed by atoms with Crippen LogP contribution in [0.2, 0.25) is 0 Å². The molecular formula is C17H24N2O2. The van der Waals surface area contributed by atoms with E-state index in [-0.39, 0.29) is 23.4 Å². The van der Waals surface area contributed by atoms with Crippen LogP contribution in [0.4, 0.5) is 0 Å². The summed E-state index contributed by atoms with van der Waals surface area (Å²) in [4.78, 5) is 12.6. The third-order valence-corrected chi connectivity index (χ3v) is 4.89. The smallest absolute Gasteiger partial charge is 0.238 e. The van der Waals surface area contributed by atoms with Gasteiger partial charge in [-0.15, -0.1) is 0 Å². The highest BCUT2D eigenvalue weighted by Crippen LogP contribution is 2.33. The Labute approximate surface area is 125 Å². The Morgan fingerprint density at radius 3 is 2.90 bits per heavy atom. The van der Waals surface area contributed by atoms with Gasteiger partial charge in [0.25, 0.3) is 0 Å². The largest absolute Gasteiger partial charge is 0.390 e. The summed E-state index contributed by atoms with van der Waals surface area (Å²) in [6.07, 6.45) is 2.23. The SMILES string of the molecule is CC1(C)CCCNC1C(=O)N[C@H]1c2ccccc2C[C@H]1O. The first-order valence-electron chi connectivity index (χ1n) is 7.79. The van der Waals surface area contributed by atoms with E-state index in [4.69, 9.17) is 0 Å². The molecule has 1 heterocycles. The molecule has 3 N–H and O–H groups in total. The molecule has 0 bridgehead atoms. The summed E-state index contributed by atoms with van der Waals surface area (Å²) in [6.45, 7) is 5.14. The Balaban J connectivity index is 1.76. The van der Waals surface area contributed by atoms with Crippen molar-refractivity contribution in [3.63, 3.8) is 0 Å². The molecule has 0 radical (unpaired) electrons. The number of nitrogens with one attached hydrogen (secondary N) is 2. The number of hydrogen-bond acceptors (Lipinski definition) is 3. The molecule has 1 fully saturated rings. The van der Waals surface area contributed by atoms with Crippen molar-refractivity contribution >= 4 is 5.91 Å². The van der Waals surface area contributed by atoms with Crippen LogP contribution < -0.4 is 10.6 Å². The Kier molecular flexibility index (Phi) is 3.76. The Morgan fingerprint density at radius 2 is 2.14 bits per heavy atom. The highest BCUT2D eigenvalue weighted by molar-refractivity contribution is 5.83. The molecule has 4 heteroatoms. The molecule has 1 aromatic carbocycles. The topological polar surface area (TPSA) is 61.4 Å². The molecule has 1 aromatic rings. The van der Waals surface area contributed by atoms with Crippen LogP contribution in [0.1, 0.15) is 43.9 Å². The predicted molar refractivity (Wildman–Crippen MR) is 81.8 cm³/mol. The van der Waals surface area contributed by atoms with Crippen LogP contribution in [-0.2, 0) is 11.2 Å². The molecule has 1 aliphatic carbocycles. The summed E-state index contributed by atoms with van der Waals surface area (Å²) in [5.41, 5.74) is 2.13. The maximum Gasteiger partial charge on any atom is 0.238 e. The molecule has 0 spiro atoms. The lowest BCUT2D eigenvalue weighted by Gasteiger charge is -2.39. The monoisotopic (exact) mass is 288 g/mol. The van der Waals surface area contributed by atoms with Crippen molar-refractivity contribution in [2.45, 2.75) is 51.3 Å². The van der Waals surface area contributed by atoms with E-state index in [0.29, 0.717) is 6.42 Å². The average Bonchev–Trinajstić information content (AvgIpc) is 2.74. The summed E-state index contributed by atoms with van der Waals surface area (Å²) in [5, 5.41) is 16.6. The van der Waals surface area contributed by atoms with Crippen molar-refractivity contribution in [2.24, 2.45) is 5.41 Å². The molecule has 4 nitrogen and oxygen atoms in total. The molecule has 0 saturated carbocycles. The number of piperidine rings is 1. The van der Waals surface area contributed by atoms with E-state index < -0.39 is 6.10 Å². The van der Waals surface area contributed by atoms with Crippen LogP contribution >= 0.6 is 0 Å². The number of fused-ring (bicyclic) bond motifs is 1. The second-order valence-electron chi connectivity index (χ2n) is 6.94. The molecule has 1 unspecified atom stereocenters. The summed E-state index contributed by atoms with van der Waals surface area (Å²) in [5.74, 6) is 0.000420. The van der Waals surface area contributed by atoms with Crippen LogP contribution in [0.3, 0.4) is 0 Å². The van der Waals surface area contributed by atoms with Crippen molar-refractivity contribution in [1.82, 2.24) is 10.6 Å². The first kappa shape index (κ1) is 14.5. The van der Waals surface area contributed by atoms with Crippen LogP contribution in [0.25, 0.3) is 0 Å². The zero-order valence-corrected chi connectivity index (χ0v) is 12.7. The van der Waals surface area contributed by atoms with Gasteiger partial charge in [0.2, 0.25) is 5.91 Å². The molecule has 114 valence electrons. The summed E-state index contributed by atoms with van der Waals surface area (Å²) < 4.78 is 0. The van der Waals surface area contributed by atoms with Gasteiger partial charge in [-0.2, -0.15) is 0 Å². The number of amides is 1. The summed E-state index contributed by atoms with van der Waals surface area (Å²) in [7, 11) is 0. The average molecular weight is 288 g/mol. The quantitative estimate of drug-likeness (QED) is 0.773. The molecule has 0 aromatic heterocycles. The van der Waals surface area contributed by atoms with Crippen LogP contribution in [0.15, 0.2) is 24.3 Å². The number of carbonyl (C=O) groups is 1. The van der Waals surface area contributed by atoms with Crippen LogP contribution in [0, 0.1) is 5.41 Å². The zero-order chi connectivity index (χ0) is 15.0. The number of aliphatic hydroxyl groups excluding tert-OH is 1. The highest BCUT2D eigenvalue weighted by Gasteiger charge is 2.40. The number of rotatable bonds is 2. The maximum absolute atomic E-state index is 12.6. The van der Waals surface area contributed by atoms with E-state index in [9.17, 15) is 9.90 Å². The van der Waals surface area contributed by atoms with Gasteiger partial charge in [-0.25, -0.2) is 0 Å². The number of benzene rings is 1. The molecule has 3 atom stereocenters. The van der Waals surface area contributed by atoms with Gasteiger partial charge in [-0.1, -0.05) is 38.1 Å². The third kappa shape index (κ3) is 2.70. The Hall–Kier alpha value is -1.39. The lowest BCUT2D eigenvalue weighted by atomic mass is 9.77. The normalized spacial score (nSPS) is 30.7. The van der Waals surface area contributed by atoms with E-state index in [1.807, 2.05) is 24.3 Å². The van der Waals surface area contributed by atoms with Gasteiger partial charge < -0.3 is 15.7 Å². The zero-order valence-electron chi connectivity index (χ0n) is 12.7. The first-order valence-corrected chi connectivity index (χ1v) is 7.79. The highest BCUT2D eigenvalue weighted by atomic mass is 16.3. The van der Waals surface area contributed by atoms with Gasteiger partial charge in [0.05, 0.1) is 18.2 Å². The number of aliphatic hydroxyl groups is 1. The molecule has 2 aliphatic rings. The van der Waals surface area contributed by atoms with Gasteiger partial charge in [-0.05, 0) is 35.9 Å². The molecule has 1 aliphatic heterocycles. The molecule has 21 heavy (non-hydrogen) atoms. The van der Waals surface area contributed by atoms with Crippen molar-refractivity contribution in [3.8, 4) is 0 Å². The lowest BCUT2D eigenvalue weighted by molar-refractivity contribution is -0.128. The fourth-order valence-corrected chi connectivity index (χ4v) is 3.64. The van der Waals surface area contributed by atoms with Crippen LogP contribution in [0.5, 0.6) is 0 Å². The fraction of sp³-hybridized carbons (Fsp3) is 0.588. The predicted octanol–water partition coefficient (Wildman–Crippen LogP) is 1.54. The Bertz CT molecular complexity index is 541. The summed E-state index contributed by atoms with van der Waals surface area (Å²) >= 11 is 0. The van der Waals surface area contributed by atoms with E-state index in [1.165, 1.54) is 0 Å². The minimum Gasteiger partial charge on any atom is -0.390 e. The number of carbonyl (C=O) groups excluding carboxylic acids is 1. The number of hydrogen-bond donors (Lipinski definition) is 3. The molecule has 3 rings (SSSR count). The van der Waals surface area contributed by atoms with Gasteiger partial charge in [0.1, 0.15) is 0 Å². The molecule has 1 saturated heterocycles. The van der Waals surface area contributed by atoms with Gasteiger partial charge in [-0.3, -0.25) is 4.79 Å². The minimum atomic E-state index is -0.530. The van der Waals surface area contributed by atoms with E-state index in [2.05, 4.69) is 24.5 Å². The van der Waals surface area contributed by atoms with E-state index >= 15 is 0 Å². The van der Waals surface area contributed by atoms with Crippen molar-refractivity contribution in [1.29, 1.82) is 0 Å². The van der Waals surface area contributed by atoms with E-state index in [1.54, 1.807) is 0 Å². The van der Waals surface area contributed by atoms with Gasteiger partial charge in [0.15, 0.2) is 0 Å². The van der Waals surface area contributed by atoms with Gasteiger partial charge in [0, 0.05) is 6.42 Å². The van der Waals surface area contributed by atoms with Crippen molar-refractivity contribution in [3.05, 3.63) is 35.4 Å². The fourth-order valence-electron chi connectivity index (χ4n) is 3.64. The second kappa shape index (κ2) is 5.43. The molecular weight excluding hydrogens is 264 g/mol. The standard InChI is InChI=1S/C17H24N2O2/c1-17(2)8-5-9-18-15(17)16(21)19-14-12-7-4-3-6-11(12)10-13(14)20/h3-4,6-7,13-15,18,20H,5,8-10H2,1-2H3,(H,19,21)/t13-,14+,15?/m1/s1. The van der Waals surface area contributed by atoms with E-state index in [0.717, 1.165) is 30.5 Å². The second-order valence-corrected chi connectivity index (χ2v) is 6.94. The van der Waals surface area contributed by atoms with Crippen LogP contribution in [-0.4, -0.2) is 29.7 Å². The lowest BCUT2D eigenvalue weighted by Crippen LogP contribution is -2.56.